The summed E-state index contributed by atoms with van der Waals surface area (Å²) in [6.07, 6.45) is 1.77. The van der Waals surface area contributed by atoms with E-state index in [1.807, 2.05) is 0 Å². The molecule has 0 aromatic carbocycles. The standard InChI is InChI=1S/C10H17NO4/c1-4-11(7-10(2,3)15)8(12)5-6-9(13)14/h5-6,15H,4,7H2,1-3H3,(H,13,14). The molecule has 0 aliphatic rings. The number of nitrogens with zero attached hydrogens (tertiary/aromatic N) is 1. The van der Waals surface area contributed by atoms with E-state index in [1.165, 1.54) is 4.90 Å². The first-order chi connectivity index (χ1) is 6.76. The van der Waals surface area contributed by atoms with Crippen LogP contribution in [0.15, 0.2) is 12.2 Å². The Morgan fingerprint density at radius 3 is 2.20 bits per heavy atom. The van der Waals surface area contributed by atoms with Crippen LogP contribution in [0.1, 0.15) is 20.8 Å². The minimum atomic E-state index is -1.16. The van der Waals surface area contributed by atoms with Crippen LogP contribution in [-0.4, -0.2) is 45.7 Å². The summed E-state index contributed by atoms with van der Waals surface area (Å²) in [4.78, 5) is 23.0. The molecule has 0 saturated carbocycles. The van der Waals surface area contributed by atoms with Crippen LogP contribution in [0.4, 0.5) is 0 Å². The van der Waals surface area contributed by atoms with Crippen molar-refractivity contribution in [2.75, 3.05) is 13.1 Å². The van der Waals surface area contributed by atoms with Gasteiger partial charge in [0.05, 0.1) is 5.60 Å². The maximum Gasteiger partial charge on any atom is 0.328 e. The van der Waals surface area contributed by atoms with Gasteiger partial charge >= 0.3 is 5.97 Å². The quantitative estimate of drug-likeness (QED) is 0.644. The summed E-state index contributed by atoms with van der Waals surface area (Å²) in [6, 6.07) is 0. The van der Waals surface area contributed by atoms with Crippen LogP contribution in [0.3, 0.4) is 0 Å². The number of aliphatic hydroxyl groups is 1. The minimum absolute atomic E-state index is 0.173. The van der Waals surface area contributed by atoms with E-state index in [-0.39, 0.29) is 6.54 Å². The van der Waals surface area contributed by atoms with Crippen LogP contribution in [0.5, 0.6) is 0 Å². The highest BCUT2D eigenvalue weighted by atomic mass is 16.4. The maximum atomic E-state index is 11.4. The molecule has 0 aromatic heterocycles. The molecule has 0 unspecified atom stereocenters. The fourth-order valence-electron chi connectivity index (χ4n) is 1.06. The van der Waals surface area contributed by atoms with Gasteiger partial charge in [0.2, 0.25) is 5.91 Å². The topological polar surface area (TPSA) is 77.8 Å². The molecular weight excluding hydrogens is 198 g/mol. The first kappa shape index (κ1) is 13.6. The fraction of sp³-hybridized carbons (Fsp3) is 0.600. The highest BCUT2D eigenvalue weighted by Gasteiger charge is 2.19. The van der Waals surface area contributed by atoms with Crippen molar-refractivity contribution in [1.29, 1.82) is 0 Å². The number of likely N-dealkylation sites (N-methyl/N-ethyl adjacent to an activating group) is 1. The molecule has 0 heterocycles. The molecule has 2 N–H and O–H groups in total. The molecule has 0 aliphatic heterocycles. The van der Waals surface area contributed by atoms with Gasteiger partial charge in [-0.05, 0) is 20.8 Å². The summed E-state index contributed by atoms with van der Waals surface area (Å²) < 4.78 is 0. The molecular formula is C10H17NO4. The fourth-order valence-corrected chi connectivity index (χ4v) is 1.06. The molecule has 15 heavy (non-hydrogen) atoms. The Labute approximate surface area is 89.0 Å². The number of hydrogen-bond donors (Lipinski definition) is 2. The average molecular weight is 215 g/mol. The summed E-state index contributed by atoms with van der Waals surface area (Å²) in [5.74, 6) is -1.58. The van der Waals surface area contributed by atoms with Crippen molar-refractivity contribution in [2.24, 2.45) is 0 Å². The zero-order valence-corrected chi connectivity index (χ0v) is 9.23. The summed E-state index contributed by atoms with van der Waals surface area (Å²) in [7, 11) is 0. The van der Waals surface area contributed by atoms with E-state index in [1.54, 1.807) is 20.8 Å². The molecule has 0 saturated heterocycles. The van der Waals surface area contributed by atoms with E-state index < -0.39 is 17.5 Å². The number of carboxylic acids is 1. The molecule has 0 rings (SSSR count). The van der Waals surface area contributed by atoms with Crippen molar-refractivity contribution in [3.05, 3.63) is 12.2 Å². The molecule has 1 amide bonds. The lowest BCUT2D eigenvalue weighted by atomic mass is 10.1. The second-order valence-electron chi connectivity index (χ2n) is 3.84. The first-order valence-corrected chi connectivity index (χ1v) is 4.68. The second-order valence-corrected chi connectivity index (χ2v) is 3.84. The van der Waals surface area contributed by atoms with Crippen LogP contribution in [0.25, 0.3) is 0 Å². The van der Waals surface area contributed by atoms with Gasteiger partial charge in [-0.25, -0.2) is 4.79 Å². The smallest absolute Gasteiger partial charge is 0.328 e. The molecule has 0 spiro atoms. The second kappa shape index (κ2) is 5.50. The van der Waals surface area contributed by atoms with Gasteiger partial charge < -0.3 is 15.1 Å². The third kappa shape index (κ3) is 6.68. The molecule has 0 fully saturated rings. The monoisotopic (exact) mass is 215 g/mol. The van der Waals surface area contributed by atoms with Gasteiger partial charge in [0.1, 0.15) is 0 Å². The van der Waals surface area contributed by atoms with Gasteiger partial charge in [0, 0.05) is 25.2 Å². The number of rotatable bonds is 5. The maximum absolute atomic E-state index is 11.4. The Hall–Kier alpha value is -1.36. The number of carbonyl (C=O) groups is 2. The van der Waals surface area contributed by atoms with Crippen molar-refractivity contribution in [3.8, 4) is 0 Å². The normalized spacial score (nSPS) is 11.7. The average Bonchev–Trinajstić information content (AvgIpc) is 2.08. The van der Waals surface area contributed by atoms with Crippen molar-refractivity contribution >= 4 is 11.9 Å². The molecule has 5 heteroatoms. The molecule has 0 radical (unpaired) electrons. The largest absolute Gasteiger partial charge is 0.478 e. The number of carbonyl (C=O) groups excluding carboxylic acids is 1. The summed E-state index contributed by atoms with van der Waals surface area (Å²) in [5, 5.41) is 17.9. The predicted molar refractivity (Wildman–Crippen MR) is 55.3 cm³/mol. The number of carboxylic acid groups (broad SMARTS) is 1. The van der Waals surface area contributed by atoms with Crippen molar-refractivity contribution < 1.29 is 19.8 Å². The van der Waals surface area contributed by atoms with E-state index in [4.69, 9.17) is 5.11 Å². The Balaban J connectivity index is 4.42. The van der Waals surface area contributed by atoms with E-state index in [2.05, 4.69) is 0 Å². The lowest BCUT2D eigenvalue weighted by Crippen LogP contribution is -2.41. The van der Waals surface area contributed by atoms with Crippen molar-refractivity contribution in [1.82, 2.24) is 4.90 Å². The SMILES string of the molecule is CCN(CC(C)(C)O)C(=O)C=CC(=O)O. The van der Waals surface area contributed by atoms with Gasteiger partial charge in [-0.3, -0.25) is 4.79 Å². The zero-order valence-electron chi connectivity index (χ0n) is 9.23. The van der Waals surface area contributed by atoms with E-state index in [0.717, 1.165) is 12.2 Å². The molecule has 0 aliphatic carbocycles. The number of amides is 1. The molecule has 0 bridgehead atoms. The highest BCUT2D eigenvalue weighted by molar-refractivity contribution is 5.93. The van der Waals surface area contributed by atoms with Gasteiger partial charge in [-0.2, -0.15) is 0 Å². The third-order valence-corrected chi connectivity index (χ3v) is 1.64. The molecule has 86 valence electrons. The Morgan fingerprint density at radius 1 is 1.33 bits per heavy atom. The van der Waals surface area contributed by atoms with Gasteiger partial charge in [0.25, 0.3) is 0 Å². The van der Waals surface area contributed by atoms with Crippen LogP contribution in [0.2, 0.25) is 0 Å². The lowest BCUT2D eigenvalue weighted by molar-refractivity contribution is -0.132. The summed E-state index contributed by atoms with van der Waals surface area (Å²) in [6.45, 7) is 5.53. The minimum Gasteiger partial charge on any atom is -0.478 e. The van der Waals surface area contributed by atoms with Crippen LogP contribution < -0.4 is 0 Å². The summed E-state index contributed by atoms with van der Waals surface area (Å²) >= 11 is 0. The molecule has 0 aromatic rings. The Kier molecular flexibility index (Phi) is 5.00. The number of hydrogen-bond acceptors (Lipinski definition) is 3. The van der Waals surface area contributed by atoms with Crippen LogP contribution in [-0.2, 0) is 9.59 Å². The van der Waals surface area contributed by atoms with Gasteiger partial charge in [-0.1, -0.05) is 0 Å². The number of aliphatic carboxylic acids is 1. The Bertz CT molecular complexity index is 265. The van der Waals surface area contributed by atoms with E-state index in [9.17, 15) is 14.7 Å². The molecule has 5 nitrogen and oxygen atoms in total. The van der Waals surface area contributed by atoms with Crippen molar-refractivity contribution in [3.63, 3.8) is 0 Å². The Morgan fingerprint density at radius 2 is 1.87 bits per heavy atom. The van der Waals surface area contributed by atoms with E-state index >= 15 is 0 Å². The molecule has 0 atom stereocenters. The van der Waals surface area contributed by atoms with E-state index in [0.29, 0.717) is 6.54 Å². The predicted octanol–water partition coefficient (Wildman–Crippen LogP) is 0.247. The van der Waals surface area contributed by atoms with Crippen LogP contribution in [0, 0.1) is 0 Å². The first-order valence-electron chi connectivity index (χ1n) is 4.68. The third-order valence-electron chi connectivity index (χ3n) is 1.64. The highest BCUT2D eigenvalue weighted by Crippen LogP contribution is 2.05. The summed E-state index contributed by atoms with van der Waals surface area (Å²) in [5.41, 5.74) is -0.983. The van der Waals surface area contributed by atoms with Gasteiger partial charge in [-0.15, -0.1) is 0 Å². The van der Waals surface area contributed by atoms with Gasteiger partial charge in [0.15, 0.2) is 0 Å². The lowest BCUT2D eigenvalue weighted by Gasteiger charge is -2.27. The van der Waals surface area contributed by atoms with Crippen LogP contribution >= 0.6 is 0 Å². The van der Waals surface area contributed by atoms with Crippen molar-refractivity contribution in [2.45, 2.75) is 26.4 Å². The zero-order chi connectivity index (χ0) is 12.1.